The minimum absolute atomic E-state index is 0.0116. The Kier molecular flexibility index (Phi) is 4.14. The number of nitrogens with zero attached hydrogens (tertiary/aromatic N) is 1. The van der Waals surface area contributed by atoms with Gasteiger partial charge in [0, 0.05) is 5.75 Å². The van der Waals surface area contributed by atoms with E-state index < -0.39 is 29.9 Å². The molecule has 9 heteroatoms. The molecule has 3 N–H and O–H groups in total. The summed E-state index contributed by atoms with van der Waals surface area (Å²) in [7, 11) is 0. The Morgan fingerprint density at radius 3 is 2.87 bits per heavy atom. The van der Waals surface area contributed by atoms with E-state index in [2.05, 4.69) is 5.32 Å². The molecule has 122 valence electrons. The first-order valence-electron chi connectivity index (χ1n) is 6.85. The molecule has 0 spiro atoms. The van der Waals surface area contributed by atoms with Crippen molar-refractivity contribution < 1.29 is 29.0 Å². The lowest BCUT2D eigenvalue weighted by atomic mass is 10.0. The number of carbonyl (C=O) groups is 3. The predicted octanol–water partition coefficient (Wildman–Crippen LogP) is -0.447. The van der Waals surface area contributed by atoms with Crippen LogP contribution in [0.3, 0.4) is 0 Å². The quantitative estimate of drug-likeness (QED) is 0.622. The van der Waals surface area contributed by atoms with Crippen molar-refractivity contribution in [3.8, 4) is 0 Å². The van der Waals surface area contributed by atoms with Crippen LogP contribution in [-0.4, -0.2) is 56.7 Å². The van der Waals surface area contributed by atoms with Gasteiger partial charge in [-0.25, -0.2) is 4.79 Å². The normalized spacial score (nSPS) is 23.3. The molecule has 0 aromatic carbocycles. The Morgan fingerprint density at radius 1 is 1.48 bits per heavy atom. The molecule has 8 nitrogen and oxygen atoms in total. The van der Waals surface area contributed by atoms with Crippen LogP contribution in [0.25, 0.3) is 0 Å². The fraction of sp³-hybridized carbons (Fsp3) is 0.357. The van der Waals surface area contributed by atoms with Crippen LogP contribution >= 0.6 is 11.8 Å². The van der Waals surface area contributed by atoms with Crippen LogP contribution in [0.5, 0.6) is 0 Å². The number of furan rings is 1. The van der Waals surface area contributed by atoms with E-state index in [4.69, 9.17) is 4.42 Å². The lowest BCUT2D eigenvalue weighted by molar-refractivity contribution is -0.150. The Morgan fingerprint density at radius 2 is 2.26 bits per heavy atom. The maximum absolute atomic E-state index is 12.2. The third-order valence-corrected chi connectivity index (χ3v) is 5.01. The van der Waals surface area contributed by atoms with E-state index in [9.17, 15) is 24.6 Å². The molecule has 0 saturated carbocycles. The maximum atomic E-state index is 12.2. The molecule has 0 bridgehead atoms. The molecule has 23 heavy (non-hydrogen) atoms. The molecule has 1 aromatic heterocycles. The zero-order valence-corrected chi connectivity index (χ0v) is 12.7. The molecular weight excluding hydrogens is 324 g/mol. The molecule has 2 aliphatic heterocycles. The first-order valence-corrected chi connectivity index (χ1v) is 7.90. The minimum Gasteiger partial charge on any atom is -0.477 e. The lowest BCUT2D eigenvalue weighted by Gasteiger charge is -2.49. The average Bonchev–Trinajstić information content (AvgIpc) is 3.03. The van der Waals surface area contributed by atoms with Gasteiger partial charge >= 0.3 is 5.97 Å². The Balaban J connectivity index is 1.69. The van der Waals surface area contributed by atoms with E-state index in [1.807, 2.05) is 0 Å². The molecule has 3 rings (SSSR count). The van der Waals surface area contributed by atoms with Gasteiger partial charge in [0.15, 0.2) is 0 Å². The number of aliphatic hydroxyl groups is 1. The third kappa shape index (κ3) is 2.73. The molecule has 2 aliphatic rings. The summed E-state index contributed by atoms with van der Waals surface area (Å²) in [6, 6.07) is 2.55. The summed E-state index contributed by atoms with van der Waals surface area (Å²) in [6.07, 6.45) is 1.47. The molecule has 2 atom stereocenters. The summed E-state index contributed by atoms with van der Waals surface area (Å²) in [5.41, 5.74) is 0.116. The van der Waals surface area contributed by atoms with Gasteiger partial charge in [-0.3, -0.25) is 14.5 Å². The molecular formula is C14H14N2O6S. The Labute approximate surface area is 135 Å². The highest BCUT2D eigenvalue weighted by atomic mass is 32.2. The number of aliphatic hydroxyl groups excluding tert-OH is 1. The summed E-state index contributed by atoms with van der Waals surface area (Å²) in [4.78, 5) is 36.6. The van der Waals surface area contributed by atoms with Crippen molar-refractivity contribution >= 4 is 29.5 Å². The number of carboxylic acid groups (broad SMARTS) is 1. The zero-order valence-electron chi connectivity index (χ0n) is 11.9. The lowest BCUT2D eigenvalue weighted by Crippen LogP contribution is -2.70. The number of β-lactam (4-membered cyclic amide) rings is 1. The molecule has 0 radical (unpaired) electrons. The first-order chi connectivity index (χ1) is 11.0. The maximum Gasteiger partial charge on any atom is 0.352 e. The summed E-state index contributed by atoms with van der Waals surface area (Å²) in [5.74, 6) is -1.33. The second-order valence-electron chi connectivity index (χ2n) is 5.13. The first kappa shape index (κ1) is 15.6. The van der Waals surface area contributed by atoms with Gasteiger partial charge in [-0.05, 0) is 17.7 Å². The van der Waals surface area contributed by atoms with Crippen molar-refractivity contribution in [2.45, 2.75) is 17.8 Å². The van der Waals surface area contributed by atoms with E-state index >= 15 is 0 Å². The number of carboxylic acids is 1. The van der Waals surface area contributed by atoms with Gasteiger partial charge in [0.1, 0.15) is 22.9 Å². The molecule has 1 fully saturated rings. The van der Waals surface area contributed by atoms with Crippen LogP contribution in [0.15, 0.2) is 34.1 Å². The topological polar surface area (TPSA) is 120 Å². The number of carbonyl (C=O) groups excluding carboxylic acids is 2. The van der Waals surface area contributed by atoms with Crippen molar-refractivity contribution in [3.05, 3.63) is 35.4 Å². The predicted molar refractivity (Wildman–Crippen MR) is 79.2 cm³/mol. The summed E-state index contributed by atoms with van der Waals surface area (Å²) < 4.78 is 5.07. The van der Waals surface area contributed by atoms with Crippen molar-refractivity contribution in [2.75, 3.05) is 12.4 Å². The molecule has 1 unspecified atom stereocenters. The van der Waals surface area contributed by atoms with E-state index in [0.29, 0.717) is 17.1 Å². The van der Waals surface area contributed by atoms with E-state index in [1.165, 1.54) is 18.0 Å². The fourth-order valence-electron chi connectivity index (χ4n) is 2.60. The smallest absolute Gasteiger partial charge is 0.352 e. The van der Waals surface area contributed by atoms with Crippen LogP contribution in [0.1, 0.15) is 5.76 Å². The zero-order chi connectivity index (χ0) is 16.6. The standard InChI is InChI=1S/C14H14N2O6S/c17-5-7-6-23-13-10(12(19)16(13)11(7)14(20)21)15-9(18)4-8-2-1-3-22-8/h1-3,10,13,17H,4-6H2,(H,15,18)(H,20,21)/t10?,13-/m1/s1. The Hall–Kier alpha value is -2.26. The molecule has 3 heterocycles. The van der Waals surface area contributed by atoms with Crippen molar-refractivity contribution in [2.24, 2.45) is 0 Å². The van der Waals surface area contributed by atoms with E-state index in [0.717, 1.165) is 4.90 Å². The van der Waals surface area contributed by atoms with Gasteiger partial charge in [-0.2, -0.15) is 0 Å². The number of hydrogen-bond donors (Lipinski definition) is 3. The highest BCUT2D eigenvalue weighted by Crippen LogP contribution is 2.40. The Bertz CT molecular complexity index is 683. The van der Waals surface area contributed by atoms with Gasteiger partial charge in [-0.15, -0.1) is 11.8 Å². The highest BCUT2D eigenvalue weighted by molar-refractivity contribution is 8.00. The number of nitrogens with one attached hydrogen (secondary N) is 1. The van der Waals surface area contributed by atoms with Crippen LogP contribution in [0.4, 0.5) is 0 Å². The van der Waals surface area contributed by atoms with Crippen molar-refractivity contribution in [1.29, 1.82) is 0 Å². The van der Waals surface area contributed by atoms with Crippen LogP contribution in [0.2, 0.25) is 0 Å². The number of fused-ring (bicyclic) bond motifs is 1. The van der Waals surface area contributed by atoms with Gasteiger partial charge in [0.2, 0.25) is 5.91 Å². The monoisotopic (exact) mass is 338 g/mol. The number of hydrogen-bond acceptors (Lipinski definition) is 6. The third-order valence-electron chi connectivity index (χ3n) is 3.67. The van der Waals surface area contributed by atoms with Gasteiger partial charge in [0.25, 0.3) is 5.91 Å². The second-order valence-corrected chi connectivity index (χ2v) is 6.23. The van der Waals surface area contributed by atoms with Gasteiger partial charge in [-0.1, -0.05) is 0 Å². The van der Waals surface area contributed by atoms with Crippen molar-refractivity contribution in [1.82, 2.24) is 10.2 Å². The van der Waals surface area contributed by atoms with Crippen molar-refractivity contribution in [3.63, 3.8) is 0 Å². The van der Waals surface area contributed by atoms with Crippen LogP contribution in [-0.2, 0) is 20.8 Å². The number of amides is 2. The van der Waals surface area contributed by atoms with E-state index in [1.54, 1.807) is 12.1 Å². The van der Waals surface area contributed by atoms with Crippen LogP contribution < -0.4 is 5.32 Å². The van der Waals surface area contributed by atoms with Crippen LogP contribution in [0, 0.1) is 0 Å². The summed E-state index contributed by atoms with van der Waals surface area (Å²) >= 11 is 1.31. The summed E-state index contributed by atoms with van der Waals surface area (Å²) in [5, 5.41) is 20.6. The summed E-state index contributed by atoms with van der Waals surface area (Å²) in [6.45, 7) is -0.416. The number of thioether (sulfide) groups is 1. The fourth-order valence-corrected chi connectivity index (χ4v) is 3.94. The van der Waals surface area contributed by atoms with E-state index in [-0.39, 0.29) is 18.0 Å². The molecule has 1 aromatic rings. The average molecular weight is 338 g/mol. The minimum atomic E-state index is -1.26. The second kappa shape index (κ2) is 6.09. The molecule has 0 aliphatic carbocycles. The number of rotatable bonds is 5. The highest BCUT2D eigenvalue weighted by Gasteiger charge is 2.54. The number of aliphatic carboxylic acids is 1. The molecule has 2 amide bonds. The molecule has 1 saturated heterocycles. The largest absolute Gasteiger partial charge is 0.477 e. The van der Waals surface area contributed by atoms with Gasteiger partial charge < -0.3 is 19.9 Å². The SMILES string of the molecule is O=C(Cc1ccco1)NC1C(=O)N2C(C(=O)O)=C(CO)CS[C@H]12. The van der Waals surface area contributed by atoms with Gasteiger partial charge in [0.05, 0.1) is 19.3 Å².